The highest BCUT2D eigenvalue weighted by molar-refractivity contribution is 5.63. The van der Waals surface area contributed by atoms with Gasteiger partial charge in [-0.05, 0) is 31.5 Å². The van der Waals surface area contributed by atoms with Gasteiger partial charge in [-0.1, -0.05) is 6.07 Å². The monoisotopic (exact) mass is 233 g/mol. The van der Waals surface area contributed by atoms with Crippen molar-refractivity contribution in [3.8, 4) is 0 Å². The van der Waals surface area contributed by atoms with Crippen LogP contribution in [-0.2, 0) is 0 Å². The lowest BCUT2D eigenvalue weighted by molar-refractivity contribution is 0.485. The molecule has 1 aliphatic heterocycles. The van der Waals surface area contributed by atoms with Gasteiger partial charge >= 0.3 is 0 Å². The van der Waals surface area contributed by atoms with Crippen molar-refractivity contribution in [1.82, 2.24) is 5.32 Å². The molecule has 1 fully saturated rings. The van der Waals surface area contributed by atoms with Crippen LogP contribution in [0.15, 0.2) is 18.2 Å². The summed E-state index contributed by atoms with van der Waals surface area (Å²) in [6, 6.07) is 7.33. The van der Waals surface area contributed by atoms with E-state index in [4.69, 9.17) is 0 Å². The highest BCUT2D eigenvalue weighted by Gasteiger charge is 2.16. The minimum atomic E-state index is 0.577. The van der Waals surface area contributed by atoms with Gasteiger partial charge in [0.2, 0.25) is 0 Å². The van der Waals surface area contributed by atoms with E-state index in [1.54, 1.807) is 0 Å². The molecule has 1 atom stereocenters. The summed E-state index contributed by atoms with van der Waals surface area (Å²) in [6.07, 6.45) is 0. The predicted octanol–water partition coefficient (Wildman–Crippen LogP) is 1.86. The molecule has 0 bridgehead atoms. The van der Waals surface area contributed by atoms with E-state index in [1.165, 1.54) is 16.9 Å². The molecule has 3 nitrogen and oxygen atoms in total. The summed E-state index contributed by atoms with van der Waals surface area (Å²) in [5.74, 6) is 0. The number of piperazine rings is 1. The van der Waals surface area contributed by atoms with Crippen molar-refractivity contribution in [2.45, 2.75) is 19.9 Å². The largest absolute Gasteiger partial charge is 0.377 e. The lowest BCUT2D eigenvalue weighted by atomic mass is 10.1. The fourth-order valence-electron chi connectivity index (χ4n) is 2.44. The second-order valence-electron chi connectivity index (χ2n) is 5.17. The number of hydrogen-bond acceptors (Lipinski definition) is 3. The van der Waals surface area contributed by atoms with Crippen molar-refractivity contribution in [2.24, 2.45) is 0 Å². The zero-order valence-corrected chi connectivity index (χ0v) is 11.3. The number of benzene rings is 1. The predicted molar refractivity (Wildman–Crippen MR) is 75.2 cm³/mol. The van der Waals surface area contributed by atoms with Crippen LogP contribution in [0.5, 0.6) is 0 Å². The second-order valence-corrected chi connectivity index (χ2v) is 5.17. The van der Waals surface area contributed by atoms with Crippen LogP contribution in [0, 0.1) is 6.92 Å². The summed E-state index contributed by atoms with van der Waals surface area (Å²) < 4.78 is 0. The molecule has 1 saturated heterocycles. The first kappa shape index (κ1) is 12.2. The Hall–Kier alpha value is -1.22. The first-order valence-corrected chi connectivity index (χ1v) is 6.34. The normalized spacial score (nSPS) is 20.5. The molecule has 17 heavy (non-hydrogen) atoms. The Balaban J connectivity index is 2.23. The minimum absolute atomic E-state index is 0.577. The van der Waals surface area contributed by atoms with Gasteiger partial charge < -0.3 is 15.1 Å². The number of anilines is 2. The molecule has 94 valence electrons. The summed E-state index contributed by atoms with van der Waals surface area (Å²) in [7, 11) is 4.21. The van der Waals surface area contributed by atoms with Gasteiger partial charge in [-0.25, -0.2) is 0 Å². The molecular formula is C14H23N3. The number of hydrogen-bond donors (Lipinski definition) is 1. The maximum atomic E-state index is 3.48. The average Bonchev–Trinajstić information content (AvgIpc) is 2.29. The molecular weight excluding hydrogens is 210 g/mol. The van der Waals surface area contributed by atoms with Crippen LogP contribution in [0.4, 0.5) is 11.4 Å². The number of nitrogens with zero attached hydrogens (tertiary/aromatic N) is 2. The Morgan fingerprint density at radius 1 is 1.35 bits per heavy atom. The van der Waals surface area contributed by atoms with Crippen LogP contribution in [0.3, 0.4) is 0 Å². The van der Waals surface area contributed by atoms with Crippen molar-refractivity contribution < 1.29 is 0 Å². The van der Waals surface area contributed by atoms with Crippen LogP contribution in [-0.4, -0.2) is 39.8 Å². The third-order valence-electron chi connectivity index (χ3n) is 3.41. The van der Waals surface area contributed by atoms with Gasteiger partial charge in [0.1, 0.15) is 0 Å². The number of aryl methyl sites for hydroxylation is 1. The van der Waals surface area contributed by atoms with Crippen LogP contribution in [0.25, 0.3) is 0 Å². The maximum Gasteiger partial charge on any atom is 0.0411 e. The fourth-order valence-corrected chi connectivity index (χ4v) is 2.44. The van der Waals surface area contributed by atoms with Crippen LogP contribution in [0.1, 0.15) is 12.5 Å². The second kappa shape index (κ2) is 4.96. The fraction of sp³-hybridized carbons (Fsp3) is 0.571. The molecule has 0 radical (unpaired) electrons. The molecule has 0 saturated carbocycles. The van der Waals surface area contributed by atoms with Crippen molar-refractivity contribution >= 4 is 11.4 Å². The first-order valence-electron chi connectivity index (χ1n) is 6.34. The molecule has 0 aliphatic carbocycles. The van der Waals surface area contributed by atoms with Crippen molar-refractivity contribution in [3.63, 3.8) is 0 Å². The van der Waals surface area contributed by atoms with Gasteiger partial charge in [0.15, 0.2) is 0 Å². The lowest BCUT2D eigenvalue weighted by Gasteiger charge is -2.34. The topological polar surface area (TPSA) is 18.5 Å². The summed E-state index contributed by atoms with van der Waals surface area (Å²) >= 11 is 0. The molecule has 0 amide bonds. The molecule has 2 rings (SSSR count). The summed E-state index contributed by atoms with van der Waals surface area (Å²) in [5, 5.41) is 3.48. The maximum absolute atomic E-state index is 3.48. The Kier molecular flexibility index (Phi) is 3.57. The molecule has 1 aromatic carbocycles. The molecule has 1 heterocycles. The van der Waals surface area contributed by atoms with Crippen LogP contribution in [0.2, 0.25) is 0 Å². The van der Waals surface area contributed by atoms with Crippen LogP contribution < -0.4 is 15.1 Å². The van der Waals surface area contributed by atoms with Gasteiger partial charge in [0.25, 0.3) is 0 Å². The van der Waals surface area contributed by atoms with E-state index < -0.39 is 0 Å². The molecule has 1 aliphatic rings. The van der Waals surface area contributed by atoms with E-state index in [0.29, 0.717) is 6.04 Å². The van der Waals surface area contributed by atoms with Gasteiger partial charge in [0.05, 0.1) is 0 Å². The zero-order valence-electron chi connectivity index (χ0n) is 11.3. The average molecular weight is 233 g/mol. The summed E-state index contributed by atoms with van der Waals surface area (Å²) in [5.41, 5.74) is 3.99. The first-order chi connectivity index (χ1) is 8.08. The highest BCUT2D eigenvalue weighted by Crippen LogP contribution is 2.25. The number of rotatable bonds is 2. The zero-order chi connectivity index (χ0) is 12.4. The van der Waals surface area contributed by atoms with E-state index in [-0.39, 0.29) is 0 Å². The van der Waals surface area contributed by atoms with E-state index in [9.17, 15) is 0 Å². The Bertz CT molecular complexity index is 387. The van der Waals surface area contributed by atoms with Crippen molar-refractivity contribution in [3.05, 3.63) is 23.8 Å². The van der Waals surface area contributed by atoms with E-state index in [2.05, 4.69) is 61.3 Å². The van der Waals surface area contributed by atoms with Crippen molar-refractivity contribution in [1.29, 1.82) is 0 Å². The van der Waals surface area contributed by atoms with Gasteiger partial charge in [-0.2, -0.15) is 0 Å². The molecule has 1 N–H and O–H groups in total. The van der Waals surface area contributed by atoms with Gasteiger partial charge in [-0.3, -0.25) is 0 Å². The highest BCUT2D eigenvalue weighted by atomic mass is 15.2. The van der Waals surface area contributed by atoms with Gasteiger partial charge in [-0.15, -0.1) is 0 Å². The SMILES string of the molecule is Cc1ccc(N2CCNC(C)C2)cc1N(C)C. The van der Waals surface area contributed by atoms with E-state index in [1.807, 2.05) is 0 Å². The third-order valence-corrected chi connectivity index (χ3v) is 3.41. The Labute approximate surface area is 104 Å². The van der Waals surface area contributed by atoms with E-state index >= 15 is 0 Å². The molecule has 1 unspecified atom stereocenters. The lowest BCUT2D eigenvalue weighted by Crippen LogP contribution is -2.49. The molecule has 1 aromatic rings. The Morgan fingerprint density at radius 3 is 2.76 bits per heavy atom. The van der Waals surface area contributed by atoms with Gasteiger partial charge in [0, 0.05) is 51.1 Å². The smallest absolute Gasteiger partial charge is 0.0411 e. The third kappa shape index (κ3) is 2.72. The quantitative estimate of drug-likeness (QED) is 0.841. The number of nitrogens with one attached hydrogen (secondary N) is 1. The molecule has 0 aromatic heterocycles. The summed E-state index contributed by atoms with van der Waals surface area (Å²) in [6.45, 7) is 7.68. The standard InChI is InChI=1S/C14H23N3/c1-11-5-6-13(9-14(11)16(3)4)17-8-7-15-12(2)10-17/h5-6,9,12,15H,7-8,10H2,1-4H3. The minimum Gasteiger partial charge on any atom is -0.377 e. The molecule has 3 heteroatoms. The summed E-state index contributed by atoms with van der Waals surface area (Å²) in [4.78, 5) is 4.65. The Morgan fingerprint density at radius 2 is 2.12 bits per heavy atom. The molecule has 0 spiro atoms. The van der Waals surface area contributed by atoms with Crippen LogP contribution >= 0.6 is 0 Å². The van der Waals surface area contributed by atoms with Crippen molar-refractivity contribution in [2.75, 3.05) is 43.5 Å². The van der Waals surface area contributed by atoms with E-state index in [0.717, 1.165) is 19.6 Å².